The molecule has 0 saturated carbocycles. The van der Waals surface area contributed by atoms with Gasteiger partial charge in [-0.3, -0.25) is 4.79 Å². The van der Waals surface area contributed by atoms with Crippen LogP contribution in [-0.4, -0.2) is 26.8 Å². The summed E-state index contributed by atoms with van der Waals surface area (Å²) in [6.07, 6.45) is 6.42. The molecule has 0 N–H and O–H groups in total. The molecule has 4 heteroatoms. The van der Waals surface area contributed by atoms with E-state index in [1.54, 1.807) is 6.33 Å². The summed E-state index contributed by atoms with van der Waals surface area (Å²) < 4.78 is 0. The lowest BCUT2D eigenvalue weighted by Crippen LogP contribution is -2.42. The van der Waals surface area contributed by atoms with Crippen molar-refractivity contribution >= 4 is 5.91 Å². The molecule has 0 radical (unpaired) electrons. The number of amides is 1. The minimum Gasteiger partial charge on any atom is -0.328 e. The van der Waals surface area contributed by atoms with Crippen molar-refractivity contribution in [2.75, 3.05) is 0 Å². The van der Waals surface area contributed by atoms with Crippen molar-refractivity contribution in [3.63, 3.8) is 0 Å². The summed E-state index contributed by atoms with van der Waals surface area (Å²) in [6.45, 7) is 4.08. The fraction of sp³-hybridized carbons (Fsp3) is 0.389. The Morgan fingerprint density at radius 3 is 2.73 bits per heavy atom. The zero-order chi connectivity index (χ0) is 15.3. The third kappa shape index (κ3) is 2.02. The maximum Gasteiger partial charge on any atom is 0.254 e. The Morgan fingerprint density at radius 1 is 1.18 bits per heavy atom. The van der Waals surface area contributed by atoms with Crippen LogP contribution in [0.2, 0.25) is 0 Å². The van der Waals surface area contributed by atoms with Gasteiger partial charge in [-0.2, -0.15) is 0 Å². The zero-order valence-electron chi connectivity index (χ0n) is 12.9. The lowest BCUT2D eigenvalue weighted by atomic mass is 9.97. The number of hydrogen-bond donors (Lipinski definition) is 0. The Hall–Kier alpha value is -2.23. The zero-order valence-corrected chi connectivity index (χ0v) is 12.9. The number of fused-ring (bicyclic) bond motifs is 4. The molecule has 1 aromatic carbocycles. The van der Waals surface area contributed by atoms with E-state index in [1.807, 2.05) is 32.2 Å². The van der Waals surface area contributed by atoms with Crippen molar-refractivity contribution in [1.29, 1.82) is 0 Å². The fourth-order valence-corrected chi connectivity index (χ4v) is 3.98. The predicted octanol–water partition coefficient (Wildman–Crippen LogP) is 3.00. The molecular weight excluding hydrogens is 274 g/mol. The van der Waals surface area contributed by atoms with Crippen LogP contribution in [0.4, 0.5) is 0 Å². The van der Waals surface area contributed by atoms with E-state index in [1.165, 1.54) is 0 Å². The Bertz CT molecular complexity index is 735. The molecule has 2 aliphatic rings. The highest BCUT2D eigenvalue weighted by atomic mass is 16.2. The Morgan fingerprint density at radius 2 is 1.95 bits per heavy atom. The summed E-state index contributed by atoms with van der Waals surface area (Å²) in [5.41, 5.74) is 5.32. The molecule has 2 aliphatic heterocycles. The van der Waals surface area contributed by atoms with E-state index in [0.29, 0.717) is 0 Å². The van der Waals surface area contributed by atoms with Crippen molar-refractivity contribution in [3.05, 3.63) is 58.7 Å². The monoisotopic (exact) mass is 293 g/mol. The van der Waals surface area contributed by atoms with Crippen LogP contribution in [0.5, 0.6) is 0 Å². The molecular formula is C18H19N3O. The molecule has 22 heavy (non-hydrogen) atoms. The molecule has 4 rings (SSSR count). The Balaban J connectivity index is 1.73. The Labute approximate surface area is 130 Å². The fourth-order valence-electron chi connectivity index (χ4n) is 3.98. The maximum absolute atomic E-state index is 13.1. The standard InChI is InChI=1S/C18H19N3O/c1-11-5-12(2)7-13(6-11)18(22)21-14-3-4-17(21)15-9-19-10-20-16(15)8-14/h5-7,9-10,14,17H,3-4,8H2,1-2H3. The van der Waals surface area contributed by atoms with E-state index >= 15 is 0 Å². The number of nitrogens with zero attached hydrogens (tertiary/aromatic N) is 3. The molecule has 1 aromatic heterocycles. The molecule has 1 fully saturated rings. The average Bonchev–Trinajstić information content (AvgIpc) is 2.80. The summed E-state index contributed by atoms with van der Waals surface area (Å²) >= 11 is 0. The van der Waals surface area contributed by atoms with Gasteiger partial charge in [0, 0.05) is 29.8 Å². The smallest absolute Gasteiger partial charge is 0.254 e. The van der Waals surface area contributed by atoms with Crippen LogP contribution < -0.4 is 0 Å². The SMILES string of the molecule is Cc1cc(C)cc(C(=O)N2C3CCC2c2cncnc2C3)c1. The van der Waals surface area contributed by atoms with Gasteiger partial charge in [0.05, 0.1) is 11.7 Å². The minimum atomic E-state index is 0.142. The van der Waals surface area contributed by atoms with Crippen LogP contribution in [0, 0.1) is 13.8 Å². The van der Waals surface area contributed by atoms with E-state index in [4.69, 9.17) is 0 Å². The van der Waals surface area contributed by atoms with Crippen LogP contribution >= 0.6 is 0 Å². The van der Waals surface area contributed by atoms with Crippen molar-refractivity contribution in [2.24, 2.45) is 0 Å². The number of aromatic nitrogens is 2. The summed E-state index contributed by atoms with van der Waals surface area (Å²) in [5, 5.41) is 0. The van der Waals surface area contributed by atoms with Gasteiger partial charge in [-0.15, -0.1) is 0 Å². The third-order valence-corrected chi connectivity index (χ3v) is 4.82. The molecule has 2 bridgehead atoms. The van der Waals surface area contributed by atoms with Gasteiger partial charge >= 0.3 is 0 Å². The largest absolute Gasteiger partial charge is 0.328 e. The van der Waals surface area contributed by atoms with Crippen LogP contribution in [0.25, 0.3) is 0 Å². The van der Waals surface area contributed by atoms with Gasteiger partial charge in [0.15, 0.2) is 0 Å². The number of carbonyl (C=O) groups is 1. The number of aryl methyl sites for hydroxylation is 2. The van der Waals surface area contributed by atoms with Gasteiger partial charge in [0.2, 0.25) is 0 Å². The van der Waals surface area contributed by atoms with Crippen molar-refractivity contribution < 1.29 is 4.79 Å². The first kappa shape index (κ1) is 13.4. The summed E-state index contributed by atoms with van der Waals surface area (Å²) in [7, 11) is 0. The lowest BCUT2D eigenvalue weighted by molar-refractivity contribution is 0.0643. The average molecular weight is 293 g/mol. The Kier molecular flexibility index (Phi) is 2.99. The van der Waals surface area contributed by atoms with Gasteiger partial charge < -0.3 is 4.90 Å². The van der Waals surface area contributed by atoms with Crippen molar-refractivity contribution in [1.82, 2.24) is 14.9 Å². The van der Waals surface area contributed by atoms with E-state index in [2.05, 4.69) is 20.9 Å². The summed E-state index contributed by atoms with van der Waals surface area (Å²) in [6, 6.07) is 6.51. The van der Waals surface area contributed by atoms with E-state index in [0.717, 1.165) is 47.2 Å². The molecule has 4 nitrogen and oxygen atoms in total. The third-order valence-electron chi connectivity index (χ3n) is 4.82. The number of benzene rings is 1. The van der Waals surface area contributed by atoms with Crippen LogP contribution in [0.15, 0.2) is 30.7 Å². The van der Waals surface area contributed by atoms with E-state index in [-0.39, 0.29) is 18.0 Å². The van der Waals surface area contributed by atoms with Gasteiger partial charge in [-0.1, -0.05) is 17.2 Å². The van der Waals surface area contributed by atoms with Gasteiger partial charge in [0.25, 0.3) is 5.91 Å². The first-order chi connectivity index (χ1) is 10.6. The lowest BCUT2D eigenvalue weighted by Gasteiger charge is -2.35. The predicted molar refractivity (Wildman–Crippen MR) is 83.6 cm³/mol. The molecule has 1 amide bonds. The maximum atomic E-state index is 13.1. The normalized spacial score (nSPS) is 22.5. The van der Waals surface area contributed by atoms with Gasteiger partial charge in [-0.25, -0.2) is 9.97 Å². The van der Waals surface area contributed by atoms with Crippen LogP contribution in [0.1, 0.15) is 51.6 Å². The minimum absolute atomic E-state index is 0.142. The second kappa shape index (κ2) is 4.90. The molecule has 0 aliphatic carbocycles. The van der Waals surface area contributed by atoms with Gasteiger partial charge in [0.1, 0.15) is 6.33 Å². The number of hydrogen-bond acceptors (Lipinski definition) is 3. The first-order valence-electron chi connectivity index (χ1n) is 7.83. The summed E-state index contributed by atoms with van der Waals surface area (Å²) in [4.78, 5) is 23.7. The quantitative estimate of drug-likeness (QED) is 0.812. The topological polar surface area (TPSA) is 46.1 Å². The number of rotatable bonds is 1. The molecule has 1 saturated heterocycles. The highest BCUT2D eigenvalue weighted by Gasteiger charge is 2.43. The number of carbonyl (C=O) groups excluding carboxylic acids is 1. The van der Waals surface area contributed by atoms with E-state index in [9.17, 15) is 4.79 Å². The van der Waals surface area contributed by atoms with Crippen molar-refractivity contribution in [3.8, 4) is 0 Å². The first-order valence-corrected chi connectivity index (χ1v) is 7.83. The molecule has 2 aromatic rings. The molecule has 112 valence electrons. The summed E-state index contributed by atoms with van der Waals surface area (Å²) in [5.74, 6) is 0.147. The van der Waals surface area contributed by atoms with Gasteiger partial charge in [-0.05, 0) is 38.8 Å². The van der Waals surface area contributed by atoms with E-state index < -0.39 is 0 Å². The highest BCUT2D eigenvalue weighted by Crippen LogP contribution is 2.43. The highest BCUT2D eigenvalue weighted by molar-refractivity contribution is 5.95. The van der Waals surface area contributed by atoms with Crippen LogP contribution in [0.3, 0.4) is 0 Å². The molecule has 2 unspecified atom stereocenters. The molecule has 2 atom stereocenters. The molecule has 3 heterocycles. The van der Waals surface area contributed by atoms with Crippen molar-refractivity contribution in [2.45, 2.75) is 45.2 Å². The second-order valence-electron chi connectivity index (χ2n) is 6.46. The van der Waals surface area contributed by atoms with Crippen LogP contribution in [-0.2, 0) is 6.42 Å². The molecule has 0 spiro atoms. The second-order valence-corrected chi connectivity index (χ2v) is 6.46.